The highest BCUT2D eigenvalue weighted by atomic mass is 16.3. The van der Waals surface area contributed by atoms with Crippen LogP contribution in [0.25, 0.3) is 0 Å². The standard InChI is InChI=1S/C8H10O/c1-4-7-8(9,5-2)6-3/h2-3,9H,4,7H2,1H3. The van der Waals surface area contributed by atoms with Crippen LogP contribution in [0, 0.1) is 24.7 Å². The highest BCUT2D eigenvalue weighted by Crippen LogP contribution is 2.08. The lowest BCUT2D eigenvalue weighted by Gasteiger charge is -2.12. The van der Waals surface area contributed by atoms with Crippen LogP contribution in [0.1, 0.15) is 19.8 Å². The molecule has 1 nitrogen and oxygen atoms in total. The van der Waals surface area contributed by atoms with Crippen LogP contribution in [0.4, 0.5) is 0 Å². The predicted octanol–water partition coefficient (Wildman–Crippen LogP) is 0.784. The Morgan fingerprint density at radius 3 is 2.00 bits per heavy atom. The van der Waals surface area contributed by atoms with Gasteiger partial charge in [-0.1, -0.05) is 25.2 Å². The van der Waals surface area contributed by atoms with Crippen LogP contribution in [0.2, 0.25) is 0 Å². The molecule has 0 radical (unpaired) electrons. The minimum atomic E-state index is -1.31. The number of aliphatic hydroxyl groups is 1. The van der Waals surface area contributed by atoms with Crippen molar-refractivity contribution >= 4 is 0 Å². The van der Waals surface area contributed by atoms with Gasteiger partial charge in [-0.3, -0.25) is 0 Å². The van der Waals surface area contributed by atoms with Crippen molar-refractivity contribution in [3.63, 3.8) is 0 Å². The van der Waals surface area contributed by atoms with Crippen LogP contribution >= 0.6 is 0 Å². The summed E-state index contributed by atoms with van der Waals surface area (Å²) >= 11 is 0. The van der Waals surface area contributed by atoms with E-state index < -0.39 is 5.60 Å². The Bertz CT molecular complexity index is 142. The molecule has 0 unspecified atom stereocenters. The van der Waals surface area contributed by atoms with Crippen LogP contribution in [0.5, 0.6) is 0 Å². The van der Waals surface area contributed by atoms with Crippen molar-refractivity contribution in [2.24, 2.45) is 0 Å². The number of rotatable bonds is 2. The molecule has 0 aromatic heterocycles. The second kappa shape index (κ2) is 3.17. The van der Waals surface area contributed by atoms with Crippen LogP contribution < -0.4 is 0 Å². The second-order valence-corrected chi connectivity index (χ2v) is 1.90. The van der Waals surface area contributed by atoms with Gasteiger partial charge in [-0.05, 0) is 6.42 Å². The quantitative estimate of drug-likeness (QED) is 0.537. The van der Waals surface area contributed by atoms with Crippen molar-refractivity contribution in [3.05, 3.63) is 0 Å². The normalized spacial score (nSPS) is 9.78. The maximum atomic E-state index is 9.16. The molecule has 0 saturated carbocycles. The Kier molecular flexibility index (Phi) is 2.85. The highest BCUT2D eigenvalue weighted by molar-refractivity contribution is 5.23. The average molecular weight is 122 g/mol. The molecule has 0 aromatic carbocycles. The molecule has 9 heavy (non-hydrogen) atoms. The zero-order valence-corrected chi connectivity index (χ0v) is 5.52. The van der Waals surface area contributed by atoms with Crippen molar-refractivity contribution in [1.29, 1.82) is 0 Å². The smallest absolute Gasteiger partial charge is 0.186 e. The molecule has 0 aromatic rings. The highest BCUT2D eigenvalue weighted by Gasteiger charge is 2.17. The van der Waals surface area contributed by atoms with Gasteiger partial charge in [-0.2, -0.15) is 0 Å². The first-order chi connectivity index (χ1) is 4.18. The predicted molar refractivity (Wildman–Crippen MR) is 37.5 cm³/mol. The Morgan fingerprint density at radius 1 is 1.44 bits per heavy atom. The fraction of sp³-hybridized carbons (Fsp3) is 0.500. The fourth-order valence-corrected chi connectivity index (χ4v) is 0.548. The molecule has 0 aliphatic carbocycles. The van der Waals surface area contributed by atoms with Crippen molar-refractivity contribution in [1.82, 2.24) is 0 Å². The molecule has 48 valence electrons. The van der Waals surface area contributed by atoms with Crippen molar-refractivity contribution in [2.45, 2.75) is 25.4 Å². The lowest BCUT2D eigenvalue weighted by atomic mass is 10.0. The second-order valence-electron chi connectivity index (χ2n) is 1.90. The van der Waals surface area contributed by atoms with E-state index in [1.807, 2.05) is 6.92 Å². The number of hydrogen-bond acceptors (Lipinski definition) is 1. The Morgan fingerprint density at radius 2 is 1.89 bits per heavy atom. The summed E-state index contributed by atoms with van der Waals surface area (Å²) in [6, 6.07) is 0. The number of terminal acetylenes is 2. The van der Waals surface area contributed by atoms with E-state index in [0.717, 1.165) is 6.42 Å². The van der Waals surface area contributed by atoms with E-state index in [4.69, 9.17) is 18.0 Å². The first kappa shape index (κ1) is 8.08. The SMILES string of the molecule is C#CC(O)(C#C)CCC. The molecular formula is C8H10O. The molecule has 0 amide bonds. The summed E-state index contributed by atoms with van der Waals surface area (Å²) < 4.78 is 0. The molecule has 0 atom stereocenters. The van der Waals surface area contributed by atoms with Gasteiger partial charge in [0.15, 0.2) is 5.60 Å². The minimum Gasteiger partial charge on any atom is -0.367 e. The van der Waals surface area contributed by atoms with Gasteiger partial charge < -0.3 is 5.11 Å². The Labute approximate surface area is 56.1 Å². The van der Waals surface area contributed by atoms with Gasteiger partial charge in [0, 0.05) is 0 Å². The van der Waals surface area contributed by atoms with Crippen LogP contribution in [0.3, 0.4) is 0 Å². The molecule has 0 aliphatic rings. The summed E-state index contributed by atoms with van der Waals surface area (Å²) in [5.74, 6) is 4.30. The van der Waals surface area contributed by atoms with Gasteiger partial charge in [0.05, 0.1) is 0 Å². The van der Waals surface area contributed by atoms with Crippen molar-refractivity contribution < 1.29 is 5.11 Å². The zero-order chi connectivity index (χ0) is 7.33. The third-order valence-corrected chi connectivity index (χ3v) is 1.09. The van der Waals surface area contributed by atoms with Crippen LogP contribution in [0.15, 0.2) is 0 Å². The van der Waals surface area contributed by atoms with Gasteiger partial charge in [0.2, 0.25) is 0 Å². The van der Waals surface area contributed by atoms with E-state index in [0.29, 0.717) is 6.42 Å². The van der Waals surface area contributed by atoms with Crippen molar-refractivity contribution in [2.75, 3.05) is 0 Å². The molecule has 0 aliphatic heterocycles. The molecule has 0 bridgehead atoms. The summed E-state index contributed by atoms with van der Waals surface area (Å²) in [5.41, 5.74) is -1.31. The molecule has 0 spiro atoms. The molecule has 0 saturated heterocycles. The summed E-state index contributed by atoms with van der Waals surface area (Å²) in [7, 11) is 0. The summed E-state index contributed by atoms with van der Waals surface area (Å²) in [4.78, 5) is 0. The lowest BCUT2D eigenvalue weighted by molar-refractivity contribution is 0.152. The first-order valence-electron chi connectivity index (χ1n) is 2.86. The first-order valence-corrected chi connectivity index (χ1v) is 2.86. The third kappa shape index (κ3) is 2.22. The fourth-order valence-electron chi connectivity index (χ4n) is 0.548. The average Bonchev–Trinajstić information content (AvgIpc) is 1.89. The van der Waals surface area contributed by atoms with Gasteiger partial charge in [0.1, 0.15) is 0 Å². The van der Waals surface area contributed by atoms with Crippen LogP contribution in [-0.4, -0.2) is 10.7 Å². The minimum absolute atomic E-state index is 0.472. The van der Waals surface area contributed by atoms with Crippen molar-refractivity contribution in [3.8, 4) is 24.7 Å². The summed E-state index contributed by atoms with van der Waals surface area (Å²) in [6.07, 6.45) is 11.2. The monoisotopic (exact) mass is 122 g/mol. The van der Waals surface area contributed by atoms with Gasteiger partial charge in [0.25, 0.3) is 0 Å². The Hall–Kier alpha value is -0.920. The molecular weight excluding hydrogens is 112 g/mol. The molecule has 1 heteroatoms. The van der Waals surface area contributed by atoms with E-state index in [1.165, 1.54) is 0 Å². The lowest BCUT2D eigenvalue weighted by Crippen LogP contribution is -2.22. The largest absolute Gasteiger partial charge is 0.367 e. The molecule has 0 heterocycles. The molecule has 0 rings (SSSR count). The van der Waals surface area contributed by atoms with E-state index in [-0.39, 0.29) is 0 Å². The third-order valence-electron chi connectivity index (χ3n) is 1.09. The van der Waals surface area contributed by atoms with E-state index in [9.17, 15) is 0 Å². The Balaban J connectivity index is 4.02. The topological polar surface area (TPSA) is 20.2 Å². The van der Waals surface area contributed by atoms with Gasteiger partial charge in [-0.25, -0.2) is 0 Å². The number of hydrogen-bond donors (Lipinski definition) is 1. The van der Waals surface area contributed by atoms with Gasteiger partial charge >= 0.3 is 0 Å². The maximum absolute atomic E-state index is 9.16. The van der Waals surface area contributed by atoms with Gasteiger partial charge in [-0.15, -0.1) is 12.8 Å². The molecule has 1 N–H and O–H groups in total. The van der Waals surface area contributed by atoms with E-state index in [2.05, 4.69) is 11.8 Å². The van der Waals surface area contributed by atoms with Crippen LogP contribution in [-0.2, 0) is 0 Å². The zero-order valence-electron chi connectivity index (χ0n) is 5.52. The van der Waals surface area contributed by atoms with E-state index >= 15 is 0 Å². The summed E-state index contributed by atoms with van der Waals surface area (Å²) in [5, 5.41) is 9.16. The summed E-state index contributed by atoms with van der Waals surface area (Å²) in [6.45, 7) is 1.92. The maximum Gasteiger partial charge on any atom is 0.186 e. The van der Waals surface area contributed by atoms with E-state index in [1.54, 1.807) is 0 Å². The molecule has 0 fully saturated rings.